The number of aromatic nitrogens is 1. The first-order chi connectivity index (χ1) is 13.5. The number of carbonyl (C=O) groups is 1. The number of nitrogens with zero attached hydrogens (tertiary/aromatic N) is 2. The first-order valence-electron chi connectivity index (χ1n) is 9.61. The summed E-state index contributed by atoms with van der Waals surface area (Å²) in [7, 11) is 0. The number of pyridine rings is 1. The Labute approximate surface area is 165 Å². The van der Waals surface area contributed by atoms with Gasteiger partial charge in [0.05, 0.1) is 16.8 Å². The van der Waals surface area contributed by atoms with Crippen molar-refractivity contribution in [3.8, 4) is 11.3 Å². The zero-order valence-electron chi connectivity index (χ0n) is 16.4. The molecule has 0 radical (unpaired) electrons. The Balaban J connectivity index is 2.06. The van der Waals surface area contributed by atoms with Gasteiger partial charge in [-0.05, 0) is 36.1 Å². The van der Waals surface area contributed by atoms with Crippen LogP contribution in [0.25, 0.3) is 22.2 Å². The molecule has 1 unspecified atom stereocenters. The number of hydrogen-bond donors (Lipinski definition) is 2. The molecule has 0 fully saturated rings. The molecule has 5 heteroatoms. The molecule has 0 aliphatic carbocycles. The zero-order chi connectivity index (χ0) is 20.1. The molecule has 28 heavy (non-hydrogen) atoms. The highest BCUT2D eigenvalue weighted by molar-refractivity contribution is 6.10. The van der Waals surface area contributed by atoms with Crippen molar-refractivity contribution < 1.29 is 4.79 Å². The molecule has 4 N–H and O–H groups in total. The second-order valence-corrected chi connectivity index (χ2v) is 7.21. The maximum atomic E-state index is 12.6. The lowest BCUT2D eigenvalue weighted by atomic mass is 9.95. The van der Waals surface area contributed by atoms with Crippen molar-refractivity contribution in [2.75, 3.05) is 0 Å². The van der Waals surface area contributed by atoms with Crippen molar-refractivity contribution in [1.29, 1.82) is 0 Å². The van der Waals surface area contributed by atoms with Gasteiger partial charge in [0.2, 0.25) is 0 Å². The average Bonchev–Trinajstić information content (AvgIpc) is 2.67. The first kappa shape index (κ1) is 19.5. The van der Waals surface area contributed by atoms with Gasteiger partial charge in [0.15, 0.2) is 5.96 Å². The van der Waals surface area contributed by atoms with Crippen LogP contribution >= 0.6 is 0 Å². The van der Waals surface area contributed by atoms with Crippen molar-refractivity contribution in [2.45, 2.75) is 33.1 Å². The van der Waals surface area contributed by atoms with Gasteiger partial charge < -0.3 is 11.5 Å². The van der Waals surface area contributed by atoms with Crippen LogP contribution in [0.3, 0.4) is 0 Å². The first-order valence-corrected chi connectivity index (χ1v) is 9.61. The highest BCUT2D eigenvalue weighted by Crippen LogP contribution is 2.27. The van der Waals surface area contributed by atoms with Crippen LogP contribution in [0.1, 0.15) is 42.6 Å². The van der Waals surface area contributed by atoms with Gasteiger partial charge in [-0.25, -0.2) is 4.98 Å². The Morgan fingerprint density at radius 2 is 1.89 bits per heavy atom. The number of rotatable bonds is 6. The lowest BCUT2D eigenvalue weighted by molar-refractivity contribution is 0.100. The molecule has 3 rings (SSSR count). The number of aliphatic imine (C=N–C) groups is 1. The van der Waals surface area contributed by atoms with Crippen LogP contribution in [0.4, 0.5) is 0 Å². The van der Waals surface area contributed by atoms with E-state index in [-0.39, 0.29) is 5.96 Å². The van der Waals surface area contributed by atoms with Crippen molar-refractivity contribution in [1.82, 2.24) is 4.98 Å². The van der Waals surface area contributed by atoms with Gasteiger partial charge in [0.25, 0.3) is 5.91 Å². The Kier molecular flexibility index (Phi) is 6.04. The highest BCUT2D eigenvalue weighted by Gasteiger charge is 2.14. The molecule has 1 amide bonds. The maximum Gasteiger partial charge on any atom is 0.280 e. The van der Waals surface area contributed by atoms with Crippen molar-refractivity contribution in [2.24, 2.45) is 22.4 Å². The fourth-order valence-electron chi connectivity index (χ4n) is 3.53. The van der Waals surface area contributed by atoms with Crippen LogP contribution < -0.4 is 11.5 Å². The third-order valence-corrected chi connectivity index (χ3v) is 4.77. The predicted octanol–water partition coefficient (Wildman–Crippen LogP) is 4.29. The van der Waals surface area contributed by atoms with E-state index in [1.165, 1.54) is 18.4 Å². The standard InChI is InChI=1S/C23H26N4O/c1-3-7-15(2)12-16-8-6-9-17(13-16)21-14-19(22(28)27-23(24)25)18-10-4-5-11-20(18)26-21/h4-6,8-11,13-15H,3,7,12H2,1-2H3,(H4,24,25,27,28). The van der Waals surface area contributed by atoms with E-state index >= 15 is 0 Å². The van der Waals surface area contributed by atoms with Crippen LogP contribution in [0.5, 0.6) is 0 Å². The molecule has 2 aromatic carbocycles. The van der Waals surface area contributed by atoms with E-state index < -0.39 is 5.91 Å². The summed E-state index contributed by atoms with van der Waals surface area (Å²) in [5.41, 5.74) is 15.0. The number of hydrogen-bond acceptors (Lipinski definition) is 2. The molecule has 1 aromatic heterocycles. The SMILES string of the molecule is CCCC(C)Cc1cccc(-c2cc(C(=O)N=C(N)N)c3ccccc3n2)c1. The Morgan fingerprint density at radius 1 is 1.11 bits per heavy atom. The molecule has 5 nitrogen and oxygen atoms in total. The number of carbonyl (C=O) groups excluding carboxylic acids is 1. The third-order valence-electron chi connectivity index (χ3n) is 4.77. The lowest BCUT2D eigenvalue weighted by Crippen LogP contribution is -2.24. The van der Waals surface area contributed by atoms with E-state index in [1.54, 1.807) is 6.07 Å². The van der Waals surface area contributed by atoms with Crippen LogP contribution in [-0.4, -0.2) is 16.9 Å². The normalized spacial score (nSPS) is 11.9. The van der Waals surface area contributed by atoms with Gasteiger partial charge in [-0.2, -0.15) is 4.99 Å². The fraction of sp³-hybridized carbons (Fsp3) is 0.261. The van der Waals surface area contributed by atoms with Gasteiger partial charge in [-0.1, -0.05) is 63.1 Å². The zero-order valence-corrected chi connectivity index (χ0v) is 16.4. The summed E-state index contributed by atoms with van der Waals surface area (Å²) in [6, 6.07) is 17.6. The number of para-hydroxylation sites is 1. The van der Waals surface area contributed by atoms with E-state index in [0.717, 1.165) is 28.6 Å². The average molecular weight is 374 g/mol. The quantitative estimate of drug-likeness (QED) is 0.497. The van der Waals surface area contributed by atoms with E-state index in [4.69, 9.17) is 16.5 Å². The molecule has 144 valence electrons. The van der Waals surface area contributed by atoms with Crippen LogP contribution in [-0.2, 0) is 6.42 Å². The molecular weight excluding hydrogens is 348 g/mol. The van der Waals surface area contributed by atoms with E-state index in [9.17, 15) is 4.79 Å². The molecule has 3 aromatic rings. The summed E-state index contributed by atoms with van der Waals surface area (Å²) in [5, 5.41) is 0.731. The van der Waals surface area contributed by atoms with Crippen LogP contribution in [0.2, 0.25) is 0 Å². The summed E-state index contributed by atoms with van der Waals surface area (Å²) in [6.07, 6.45) is 3.41. The van der Waals surface area contributed by atoms with Gasteiger partial charge in [0.1, 0.15) is 0 Å². The summed E-state index contributed by atoms with van der Waals surface area (Å²) >= 11 is 0. The molecule has 0 spiro atoms. The van der Waals surface area contributed by atoms with Crippen molar-refractivity contribution in [3.63, 3.8) is 0 Å². The molecule has 1 heterocycles. The molecular formula is C23H26N4O. The Hall–Kier alpha value is -3.21. The topological polar surface area (TPSA) is 94.4 Å². The van der Waals surface area contributed by atoms with E-state index in [0.29, 0.717) is 11.5 Å². The van der Waals surface area contributed by atoms with Gasteiger partial charge in [-0.15, -0.1) is 0 Å². The number of benzene rings is 2. The summed E-state index contributed by atoms with van der Waals surface area (Å²) in [4.78, 5) is 21.0. The van der Waals surface area contributed by atoms with Crippen molar-refractivity contribution in [3.05, 3.63) is 65.7 Å². The van der Waals surface area contributed by atoms with Gasteiger partial charge in [-0.3, -0.25) is 4.79 Å². The largest absolute Gasteiger partial charge is 0.370 e. The highest BCUT2D eigenvalue weighted by atomic mass is 16.1. The summed E-state index contributed by atoms with van der Waals surface area (Å²) in [5.74, 6) is -0.0873. The molecule has 0 saturated heterocycles. The summed E-state index contributed by atoms with van der Waals surface area (Å²) < 4.78 is 0. The number of amides is 1. The number of guanidine groups is 1. The second kappa shape index (κ2) is 8.65. The molecule has 0 bridgehead atoms. The van der Waals surface area contributed by atoms with Gasteiger partial charge >= 0.3 is 0 Å². The number of fused-ring (bicyclic) bond motifs is 1. The maximum absolute atomic E-state index is 12.6. The van der Waals surface area contributed by atoms with Gasteiger partial charge in [0, 0.05) is 10.9 Å². The third kappa shape index (κ3) is 4.55. The predicted molar refractivity (Wildman–Crippen MR) is 115 cm³/mol. The van der Waals surface area contributed by atoms with Crippen molar-refractivity contribution >= 4 is 22.8 Å². The molecule has 1 atom stereocenters. The monoisotopic (exact) mass is 374 g/mol. The second-order valence-electron chi connectivity index (χ2n) is 7.21. The Morgan fingerprint density at radius 3 is 2.64 bits per heavy atom. The minimum Gasteiger partial charge on any atom is -0.370 e. The minimum absolute atomic E-state index is 0.251. The minimum atomic E-state index is -0.465. The number of nitrogens with two attached hydrogens (primary N) is 2. The fourth-order valence-corrected chi connectivity index (χ4v) is 3.53. The van der Waals surface area contributed by atoms with Crippen LogP contribution in [0, 0.1) is 5.92 Å². The lowest BCUT2D eigenvalue weighted by Gasteiger charge is -2.12. The smallest absolute Gasteiger partial charge is 0.280 e. The summed E-state index contributed by atoms with van der Waals surface area (Å²) in [6.45, 7) is 4.48. The molecule has 0 aliphatic rings. The van der Waals surface area contributed by atoms with Crippen LogP contribution in [0.15, 0.2) is 59.6 Å². The molecule has 0 aliphatic heterocycles. The molecule has 0 saturated carbocycles. The van der Waals surface area contributed by atoms with E-state index in [2.05, 4.69) is 31.0 Å². The van der Waals surface area contributed by atoms with E-state index in [1.807, 2.05) is 36.4 Å². The Bertz CT molecular complexity index is 1020.